The topological polar surface area (TPSA) is 38.0 Å². The molecular weight excluding hydrogens is 376 g/mol. The van der Waals surface area contributed by atoms with Gasteiger partial charge in [-0.3, -0.25) is 0 Å². The minimum absolute atomic E-state index is 0.00272. The fourth-order valence-electron chi connectivity index (χ4n) is 3.12. The van der Waals surface area contributed by atoms with Gasteiger partial charge in [0.25, 0.3) is 0 Å². The Morgan fingerprint density at radius 3 is 2.40 bits per heavy atom. The number of phenols is 1. The predicted molar refractivity (Wildman–Crippen MR) is 108 cm³/mol. The summed E-state index contributed by atoms with van der Waals surface area (Å²) in [5, 5.41) is 11.0. The number of fused-ring (bicyclic) bond motifs is 1. The molecule has 0 bridgehead atoms. The van der Waals surface area contributed by atoms with Gasteiger partial charge in [-0.05, 0) is 56.6 Å². The van der Waals surface area contributed by atoms with E-state index in [1.165, 1.54) is 5.56 Å². The van der Waals surface area contributed by atoms with Crippen LogP contribution in [0.4, 0.5) is 0 Å². The van der Waals surface area contributed by atoms with Crippen LogP contribution in [0.1, 0.15) is 51.7 Å². The first-order chi connectivity index (χ1) is 11.6. The average molecular weight is 401 g/mol. The van der Waals surface area contributed by atoms with Gasteiger partial charge >= 0.3 is 0 Å². The molecule has 0 aliphatic heterocycles. The van der Waals surface area contributed by atoms with E-state index >= 15 is 0 Å². The number of imidazole rings is 1. The molecule has 0 fully saturated rings. The van der Waals surface area contributed by atoms with E-state index in [4.69, 9.17) is 4.98 Å². The Balaban J connectivity index is 2.35. The number of hydrogen-bond donors (Lipinski definition) is 1. The molecule has 132 valence electrons. The lowest BCUT2D eigenvalue weighted by Crippen LogP contribution is -2.12. The van der Waals surface area contributed by atoms with Crippen molar-refractivity contribution in [1.82, 2.24) is 9.55 Å². The Morgan fingerprint density at radius 1 is 1.16 bits per heavy atom. The molecule has 0 spiro atoms. The number of halogens is 1. The summed E-state index contributed by atoms with van der Waals surface area (Å²) in [6, 6.07) is 10.2. The Bertz CT molecular complexity index is 949. The molecule has 0 amide bonds. The second kappa shape index (κ2) is 6.17. The first kappa shape index (κ1) is 18.0. The molecule has 0 aliphatic carbocycles. The van der Waals surface area contributed by atoms with Gasteiger partial charge in [0.15, 0.2) is 0 Å². The Kier molecular flexibility index (Phi) is 4.44. The van der Waals surface area contributed by atoms with Crippen LogP contribution in [0, 0.1) is 0 Å². The van der Waals surface area contributed by atoms with Gasteiger partial charge in [-0.2, -0.15) is 0 Å². The Hall–Kier alpha value is -1.81. The maximum Gasteiger partial charge on any atom is 0.144 e. The molecular formula is C21H25BrN2O. The number of rotatable bonds is 2. The lowest BCUT2D eigenvalue weighted by molar-refractivity contribution is 0.464. The zero-order valence-electron chi connectivity index (χ0n) is 15.7. The normalized spacial score (nSPS) is 12.3. The van der Waals surface area contributed by atoms with E-state index in [0.29, 0.717) is 5.75 Å². The van der Waals surface area contributed by atoms with Crippen molar-refractivity contribution in [3.05, 3.63) is 45.9 Å². The fraction of sp³-hybridized carbons (Fsp3) is 0.381. The van der Waals surface area contributed by atoms with Gasteiger partial charge in [0, 0.05) is 11.5 Å². The Morgan fingerprint density at radius 2 is 1.84 bits per heavy atom. The van der Waals surface area contributed by atoms with Crippen LogP contribution in [0.3, 0.4) is 0 Å². The third-order valence-electron chi connectivity index (χ3n) is 4.73. The number of aromatic nitrogens is 2. The summed E-state index contributed by atoms with van der Waals surface area (Å²) < 4.78 is 3.01. The summed E-state index contributed by atoms with van der Waals surface area (Å²) in [7, 11) is 2.00. The molecule has 0 aliphatic rings. The number of phenolic OH excluding ortho intramolecular Hbond substituents is 1. The molecule has 1 heterocycles. The summed E-state index contributed by atoms with van der Waals surface area (Å²) in [5.74, 6) is 1.35. The van der Waals surface area contributed by atoms with E-state index in [2.05, 4.69) is 62.7 Å². The van der Waals surface area contributed by atoms with Crippen molar-refractivity contribution in [2.75, 3.05) is 0 Å². The highest BCUT2D eigenvalue weighted by molar-refractivity contribution is 9.10. The van der Waals surface area contributed by atoms with E-state index in [1.807, 2.05) is 29.8 Å². The second-order valence-corrected chi connectivity index (χ2v) is 8.82. The fourth-order valence-corrected chi connectivity index (χ4v) is 3.57. The van der Waals surface area contributed by atoms with Crippen LogP contribution in [-0.4, -0.2) is 14.7 Å². The van der Waals surface area contributed by atoms with Crippen LogP contribution in [0.15, 0.2) is 34.8 Å². The molecule has 3 rings (SSSR count). The van der Waals surface area contributed by atoms with Crippen molar-refractivity contribution >= 4 is 27.0 Å². The van der Waals surface area contributed by atoms with Gasteiger partial charge in [0.2, 0.25) is 0 Å². The number of nitrogens with zero attached hydrogens (tertiary/aromatic N) is 2. The van der Waals surface area contributed by atoms with Crippen molar-refractivity contribution < 1.29 is 5.11 Å². The van der Waals surface area contributed by atoms with Gasteiger partial charge in [-0.25, -0.2) is 4.98 Å². The maximum absolute atomic E-state index is 11.0. The molecule has 0 radical (unpaired) electrons. The van der Waals surface area contributed by atoms with Crippen LogP contribution in [-0.2, 0) is 12.5 Å². The smallest absolute Gasteiger partial charge is 0.144 e. The van der Waals surface area contributed by atoms with Crippen molar-refractivity contribution in [3.63, 3.8) is 0 Å². The summed E-state index contributed by atoms with van der Waals surface area (Å²) in [6.45, 7) is 10.8. The van der Waals surface area contributed by atoms with Gasteiger partial charge < -0.3 is 9.67 Å². The number of aryl methyl sites for hydroxylation is 1. The van der Waals surface area contributed by atoms with E-state index in [9.17, 15) is 5.11 Å². The summed E-state index contributed by atoms with van der Waals surface area (Å²) in [4.78, 5) is 4.82. The quantitative estimate of drug-likeness (QED) is 0.561. The molecule has 2 aromatic carbocycles. The monoisotopic (exact) mass is 400 g/mol. The third-order valence-corrected chi connectivity index (χ3v) is 5.37. The number of aromatic hydroxyl groups is 1. The molecule has 0 saturated heterocycles. The predicted octanol–water partition coefficient (Wildman–Crippen LogP) is 6.13. The maximum atomic E-state index is 11.0. The minimum atomic E-state index is -0.00272. The van der Waals surface area contributed by atoms with Crippen LogP contribution < -0.4 is 0 Å². The van der Waals surface area contributed by atoms with Crippen LogP contribution in [0.5, 0.6) is 5.75 Å². The molecule has 3 nitrogen and oxygen atoms in total. The third kappa shape index (κ3) is 3.08. The lowest BCUT2D eigenvalue weighted by atomic mass is 9.83. The number of para-hydroxylation sites is 1. The zero-order chi connectivity index (χ0) is 18.5. The number of benzene rings is 2. The SMILES string of the molecule is CC(C)c1cc(C(C)(C)C)cc(-c2nc3c(Br)cccc3n2C)c1O. The lowest BCUT2D eigenvalue weighted by Gasteiger charge is -2.23. The molecule has 4 heteroatoms. The summed E-state index contributed by atoms with van der Waals surface area (Å²) in [5.41, 5.74) is 4.91. The van der Waals surface area contributed by atoms with Gasteiger partial charge in [-0.15, -0.1) is 0 Å². The minimum Gasteiger partial charge on any atom is -0.507 e. The molecule has 1 aromatic heterocycles. The van der Waals surface area contributed by atoms with Gasteiger partial charge in [0.1, 0.15) is 17.1 Å². The van der Waals surface area contributed by atoms with Crippen molar-refractivity contribution in [3.8, 4) is 17.1 Å². The van der Waals surface area contributed by atoms with Crippen LogP contribution in [0.25, 0.3) is 22.4 Å². The zero-order valence-corrected chi connectivity index (χ0v) is 17.3. The first-order valence-electron chi connectivity index (χ1n) is 8.60. The van der Waals surface area contributed by atoms with Crippen molar-refractivity contribution in [2.45, 2.75) is 46.0 Å². The highest BCUT2D eigenvalue weighted by Gasteiger charge is 2.23. The van der Waals surface area contributed by atoms with Crippen LogP contribution in [0.2, 0.25) is 0 Å². The number of hydrogen-bond acceptors (Lipinski definition) is 2. The Labute approximate surface area is 157 Å². The van der Waals surface area contributed by atoms with Crippen molar-refractivity contribution in [1.29, 1.82) is 0 Å². The highest BCUT2D eigenvalue weighted by Crippen LogP contribution is 2.40. The molecule has 0 atom stereocenters. The summed E-state index contributed by atoms with van der Waals surface area (Å²) >= 11 is 3.58. The van der Waals surface area contributed by atoms with Crippen molar-refractivity contribution in [2.24, 2.45) is 7.05 Å². The first-order valence-corrected chi connectivity index (χ1v) is 9.39. The molecule has 1 N–H and O–H groups in total. The molecule has 0 unspecified atom stereocenters. The van der Waals surface area contributed by atoms with E-state index in [1.54, 1.807) is 0 Å². The van der Waals surface area contributed by atoms with E-state index in [0.717, 1.165) is 32.5 Å². The molecule has 3 aromatic rings. The summed E-state index contributed by atoms with van der Waals surface area (Å²) in [6.07, 6.45) is 0. The van der Waals surface area contributed by atoms with Crippen LogP contribution >= 0.6 is 15.9 Å². The van der Waals surface area contributed by atoms with E-state index in [-0.39, 0.29) is 11.3 Å². The standard InChI is InChI=1S/C21H25BrN2O/c1-12(2)14-10-13(21(3,4)5)11-15(19(14)25)20-23-18-16(22)8-7-9-17(18)24(20)6/h7-12,25H,1-6H3. The highest BCUT2D eigenvalue weighted by atomic mass is 79.9. The molecule has 25 heavy (non-hydrogen) atoms. The largest absolute Gasteiger partial charge is 0.507 e. The second-order valence-electron chi connectivity index (χ2n) is 7.97. The van der Waals surface area contributed by atoms with E-state index < -0.39 is 0 Å². The average Bonchev–Trinajstić information content (AvgIpc) is 2.85. The van der Waals surface area contributed by atoms with Gasteiger partial charge in [0.05, 0.1) is 11.1 Å². The van der Waals surface area contributed by atoms with Gasteiger partial charge in [-0.1, -0.05) is 46.8 Å². The molecule has 0 saturated carbocycles.